The Morgan fingerprint density at radius 1 is 1.00 bits per heavy atom. The third-order valence-corrected chi connectivity index (χ3v) is 3.81. The van der Waals surface area contributed by atoms with E-state index in [-0.39, 0.29) is 0 Å². The predicted molar refractivity (Wildman–Crippen MR) is 96.8 cm³/mol. The van der Waals surface area contributed by atoms with Gasteiger partial charge >= 0.3 is 0 Å². The highest BCUT2D eigenvalue weighted by Gasteiger charge is 2.10. The summed E-state index contributed by atoms with van der Waals surface area (Å²) in [5.74, 6) is 2.34. The molecule has 0 atom stereocenters. The number of nitrogen functional groups attached to an aromatic ring is 1. The summed E-state index contributed by atoms with van der Waals surface area (Å²) in [4.78, 5) is 12.8. The number of methoxy groups -OCH3 is 1. The Morgan fingerprint density at radius 2 is 1.88 bits per heavy atom. The standard InChI is InChI=1S/C19H16N4O3/c1-24-15-4-3-13(21-10-15)11-25-14-5-6-17-16(8-14)23-19(26-17)12-2-7-18(20)22-9-12/h2-10H,11H2,1H3,(H2,20,22). The zero-order chi connectivity index (χ0) is 17.9. The number of pyridine rings is 2. The van der Waals surface area contributed by atoms with Crippen LogP contribution in [0.5, 0.6) is 11.5 Å². The van der Waals surface area contributed by atoms with Gasteiger partial charge in [0.2, 0.25) is 5.89 Å². The smallest absolute Gasteiger partial charge is 0.228 e. The first-order chi connectivity index (χ1) is 12.7. The highest BCUT2D eigenvalue weighted by Crippen LogP contribution is 2.27. The van der Waals surface area contributed by atoms with E-state index in [9.17, 15) is 0 Å². The third-order valence-electron chi connectivity index (χ3n) is 3.81. The molecule has 26 heavy (non-hydrogen) atoms. The molecule has 0 radical (unpaired) electrons. The summed E-state index contributed by atoms with van der Waals surface area (Å²) in [6.45, 7) is 0.349. The second-order valence-corrected chi connectivity index (χ2v) is 5.60. The Labute approximate surface area is 149 Å². The maximum Gasteiger partial charge on any atom is 0.228 e. The minimum atomic E-state index is 0.349. The van der Waals surface area contributed by atoms with Gasteiger partial charge in [-0.15, -0.1) is 0 Å². The van der Waals surface area contributed by atoms with Crippen LogP contribution < -0.4 is 15.2 Å². The number of ether oxygens (including phenoxy) is 2. The van der Waals surface area contributed by atoms with Crippen molar-refractivity contribution < 1.29 is 13.9 Å². The van der Waals surface area contributed by atoms with Gasteiger partial charge in [0.25, 0.3) is 0 Å². The van der Waals surface area contributed by atoms with E-state index < -0.39 is 0 Å². The first-order valence-corrected chi connectivity index (χ1v) is 7.95. The molecule has 130 valence electrons. The van der Waals surface area contributed by atoms with E-state index in [2.05, 4.69) is 15.0 Å². The van der Waals surface area contributed by atoms with E-state index in [1.807, 2.05) is 36.4 Å². The van der Waals surface area contributed by atoms with Crippen molar-refractivity contribution in [1.82, 2.24) is 15.0 Å². The zero-order valence-corrected chi connectivity index (χ0v) is 14.0. The number of hydrogen-bond acceptors (Lipinski definition) is 7. The molecule has 7 nitrogen and oxygen atoms in total. The van der Waals surface area contributed by atoms with Gasteiger partial charge in [-0.05, 0) is 36.4 Å². The number of rotatable bonds is 5. The average Bonchev–Trinajstić information content (AvgIpc) is 3.10. The summed E-state index contributed by atoms with van der Waals surface area (Å²) in [5.41, 5.74) is 8.55. The highest BCUT2D eigenvalue weighted by molar-refractivity contribution is 5.77. The van der Waals surface area contributed by atoms with E-state index in [0.29, 0.717) is 40.9 Å². The van der Waals surface area contributed by atoms with E-state index in [0.717, 1.165) is 11.3 Å². The van der Waals surface area contributed by atoms with E-state index >= 15 is 0 Å². The molecule has 0 saturated heterocycles. The highest BCUT2D eigenvalue weighted by atomic mass is 16.5. The van der Waals surface area contributed by atoms with Gasteiger partial charge in [0.05, 0.1) is 24.6 Å². The molecule has 0 fully saturated rings. The van der Waals surface area contributed by atoms with Crippen molar-refractivity contribution in [3.63, 3.8) is 0 Å². The van der Waals surface area contributed by atoms with Crippen LogP contribution in [0.4, 0.5) is 5.82 Å². The van der Waals surface area contributed by atoms with Crippen LogP contribution in [0, 0.1) is 0 Å². The summed E-state index contributed by atoms with van der Waals surface area (Å²) >= 11 is 0. The maximum absolute atomic E-state index is 5.79. The molecule has 4 rings (SSSR count). The average molecular weight is 348 g/mol. The fraction of sp³-hybridized carbons (Fsp3) is 0.105. The molecule has 0 spiro atoms. The molecular formula is C19H16N4O3. The first-order valence-electron chi connectivity index (χ1n) is 7.95. The van der Waals surface area contributed by atoms with Crippen LogP contribution in [0.15, 0.2) is 59.3 Å². The SMILES string of the molecule is COc1ccc(COc2ccc3oc(-c4ccc(N)nc4)nc3c2)nc1. The minimum absolute atomic E-state index is 0.349. The molecule has 0 unspecified atom stereocenters. The summed E-state index contributed by atoms with van der Waals surface area (Å²) in [5, 5.41) is 0. The van der Waals surface area contributed by atoms with Gasteiger partial charge in [0, 0.05) is 12.3 Å². The fourth-order valence-electron chi connectivity index (χ4n) is 2.43. The van der Waals surface area contributed by atoms with Crippen molar-refractivity contribution >= 4 is 16.9 Å². The molecule has 0 aliphatic carbocycles. The van der Waals surface area contributed by atoms with Gasteiger partial charge in [0.1, 0.15) is 29.4 Å². The maximum atomic E-state index is 5.79. The lowest BCUT2D eigenvalue weighted by atomic mass is 10.3. The minimum Gasteiger partial charge on any atom is -0.495 e. The number of benzene rings is 1. The normalized spacial score (nSPS) is 10.8. The Bertz CT molecular complexity index is 1030. The van der Waals surface area contributed by atoms with Gasteiger partial charge in [-0.25, -0.2) is 9.97 Å². The van der Waals surface area contributed by atoms with Crippen LogP contribution in [-0.4, -0.2) is 22.1 Å². The molecule has 2 N–H and O–H groups in total. The fourth-order valence-corrected chi connectivity index (χ4v) is 2.43. The van der Waals surface area contributed by atoms with Gasteiger partial charge < -0.3 is 19.6 Å². The van der Waals surface area contributed by atoms with Gasteiger partial charge in [-0.3, -0.25) is 4.98 Å². The molecular weight excluding hydrogens is 332 g/mol. The van der Waals surface area contributed by atoms with Crippen molar-refractivity contribution in [2.24, 2.45) is 0 Å². The van der Waals surface area contributed by atoms with E-state index in [1.165, 1.54) is 0 Å². The van der Waals surface area contributed by atoms with Crippen LogP contribution in [0.2, 0.25) is 0 Å². The second-order valence-electron chi connectivity index (χ2n) is 5.60. The van der Waals surface area contributed by atoms with Crippen LogP contribution in [0.1, 0.15) is 5.69 Å². The number of nitrogens with zero attached hydrogens (tertiary/aromatic N) is 3. The number of oxazole rings is 1. The lowest BCUT2D eigenvalue weighted by Crippen LogP contribution is -1.98. The summed E-state index contributed by atoms with van der Waals surface area (Å²) in [7, 11) is 1.61. The largest absolute Gasteiger partial charge is 0.495 e. The van der Waals surface area contributed by atoms with Crippen molar-refractivity contribution in [3.8, 4) is 23.0 Å². The Hall–Kier alpha value is -3.61. The summed E-state index contributed by atoms with van der Waals surface area (Å²) in [6, 6.07) is 12.7. The predicted octanol–water partition coefficient (Wildman–Crippen LogP) is 3.45. The Kier molecular flexibility index (Phi) is 4.10. The molecule has 0 saturated carbocycles. The van der Waals surface area contributed by atoms with Crippen molar-refractivity contribution in [2.75, 3.05) is 12.8 Å². The number of fused-ring (bicyclic) bond motifs is 1. The zero-order valence-electron chi connectivity index (χ0n) is 14.0. The Balaban J connectivity index is 1.52. The van der Waals surface area contributed by atoms with Gasteiger partial charge in [-0.2, -0.15) is 0 Å². The molecule has 0 amide bonds. The quantitative estimate of drug-likeness (QED) is 0.590. The van der Waals surface area contributed by atoms with Gasteiger partial charge in [0.15, 0.2) is 5.58 Å². The summed E-state index contributed by atoms with van der Waals surface area (Å²) < 4.78 is 16.6. The van der Waals surface area contributed by atoms with Gasteiger partial charge in [-0.1, -0.05) is 0 Å². The molecule has 4 aromatic rings. The van der Waals surface area contributed by atoms with E-state index in [1.54, 1.807) is 25.6 Å². The molecule has 0 bridgehead atoms. The van der Waals surface area contributed by atoms with Crippen molar-refractivity contribution in [2.45, 2.75) is 6.61 Å². The lowest BCUT2D eigenvalue weighted by molar-refractivity contribution is 0.301. The van der Waals surface area contributed by atoms with Crippen LogP contribution >= 0.6 is 0 Å². The van der Waals surface area contributed by atoms with Crippen molar-refractivity contribution in [3.05, 3.63) is 60.6 Å². The topological polar surface area (TPSA) is 96.3 Å². The molecule has 7 heteroatoms. The van der Waals surface area contributed by atoms with E-state index in [4.69, 9.17) is 19.6 Å². The van der Waals surface area contributed by atoms with Crippen LogP contribution in [0.25, 0.3) is 22.6 Å². The monoisotopic (exact) mass is 348 g/mol. The number of anilines is 1. The van der Waals surface area contributed by atoms with Crippen molar-refractivity contribution in [1.29, 1.82) is 0 Å². The number of nitrogens with two attached hydrogens (primary N) is 1. The molecule has 3 heterocycles. The molecule has 3 aromatic heterocycles. The number of aromatic nitrogens is 3. The third kappa shape index (κ3) is 3.27. The van der Waals surface area contributed by atoms with Crippen LogP contribution in [-0.2, 0) is 6.61 Å². The second kappa shape index (κ2) is 6.72. The number of hydrogen-bond donors (Lipinski definition) is 1. The first kappa shape index (κ1) is 15.9. The molecule has 0 aliphatic rings. The lowest BCUT2D eigenvalue weighted by Gasteiger charge is -2.06. The summed E-state index contributed by atoms with van der Waals surface area (Å²) in [6.07, 6.45) is 3.29. The Morgan fingerprint density at radius 3 is 2.62 bits per heavy atom. The molecule has 0 aliphatic heterocycles. The van der Waals surface area contributed by atoms with Crippen LogP contribution in [0.3, 0.4) is 0 Å². The molecule has 1 aromatic carbocycles.